The minimum atomic E-state index is -3.90. The van der Waals surface area contributed by atoms with Crippen molar-refractivity contribution >= 4 is 21.9 Å². The van der Waals surface area contributed by atoms with E-state index in [9.17, 15) is 13.2 Å². The molecular weight excluding hydrogens is 232 g/mol. The molecule has 0 amide bonds. The first kappa shape index (κ1) is 12.5. The van der Waals surface area contributed by atoms with Crippen LogP contribution in [0, 0.1) is 0 Å². The van der Waals surface area contributed by atoms with Crippen LogP contribution in [0.3, 0.4) is 0 Å². The zero-order chi connectivity index (χ0) is 12.3. The van der Waals surface area contributed by atoms with Gasteiger partial charge in [-0.2, -0.15) is 8.42 Å². The number of anilines is 1. The van der Waals surface area contributed by atoms with Crippen molar-refractivity contribution in [2.24, 2.45) is 5.14 Å². The zero-order valence-electron chi connectivity index (χ0n) is 8.54. The summed E-state index contributed by atoms with van der Waals surface area (Å²) in [6.07, 6.45) is 0. The number of nitrogens with one attached hydrogen (secondary N) is 1. The summed E-state index contributed by atoms with van der Waals surface area (Å²) < 4.78 is 23.8. The summed E-state index contributed by atoms with van der Waals surface area (Å²) in [6.45, 7) is 1.46. The maximum absolute atomic E-state index is 10.9. The smallest absolute Gasteiger partial charge is 0.310 e. The summed E-state index contributed by atoms with van der Waals surface area (Å²) in [4.78, 5) is 10.8. The highest BCUT2D eigenvalue weighted by molar-refractivity contribution is 7.90. The van der Waals surface area contributed by atoms with Gasteiger partial charge in [-0.05, 0) is 18.6 Å². The molecule has 1 rings (SSSR count). The standard InChI is InChI=1S/C9H12N2O4S/c1-6(9(12)13)7-4-2-3-5-8(7)11-16(10,14)15/h2-6,11H,1H3,(H,12,13)(H2,10,14,15)/t6-/m0/s1. The molecule has 0 heterocycles. The number of nitrogens with two attached hydrogens (primary N) is 1. The van der Waals surface area contributed by atoms with Crippen LogP contribution in [-0.4, -0.2) is 19.5 Å². The molecule has 0 unspecified atom stereocenters. The van der Waals surface area contributed by atoms with Crippen LogP contribution in [-0.2, 0) is 15.0 Å². The van der Waals surface area contributed by atoms with E-state index in [2.05, 4.69) is 4.72 Å². The van der Waals surface area contributed by atoms with E-state index in [4.69, 9.17) is 10.2 Å². The van der Waals surface area contributed by atoms with Gasteiger partial charge in [0.2, 0.25) is 0 Å². The monoisotopic (exact) mass is 244 g/mol. The van der Waals surface area contributed by atoms with E-state index in [1.165, 1.54) is 19.1 Å². The Balaban J connectivity index is 3.15. The topological polar surface area (TPSA) is 109 Å². The third-order valence-corrected chi connectivity index (χ3v) is 2.55. The van der Waals surface area contributed by atoms with Crippen molar-refractivity contribution in [1.82, 2.24) is 0 Å². The summed E-state index contributed by atoms with van der Waals surface area (Å²) in [5, 5.41) is 13.7. The third-order valence-electron chi connectivity index (χ3n) is 2.05. The maximum atomic E-state index is 10.9. The third kappa shape index (κ3) is 3.21. The molecule has 0 aliphatic rings. The Hall–Kier alpha value is -1.60. The van der Waals surface area contributed by atoms with Gasteiger partial charge in [0.05, 0.1) is 11.6 Å². The van der Waals surface area contributed by atoms with E-state index in [0.717, 1.165) is 0 Å². The van der Waals surface area contributed by atoms with Crippen molar-refractivity contribution in [3.63, 3.8) is 0 Å². The van der Waals surface area contributed by atoms with Crippen molar-refractivity contribution in [3.05, 3.63) is 29.8 Å². The molecule has 0 spiro atoms. The summed E-state index contributed by atoms with van der Waals surface area (Å²) >= 11 is 0. The maximum Gasteiger partial charge on any atom is 0.310 e. The number of carbonyl (C=O) groups is 1. The van der Waals surface area contributed by atoms with Crippen molar-refractivity contribution in [3.8, 4) is 0 Å². The van der Waals surface area contributed by atoms with Crippen LogP contribution >= 0.6 is 0 Å². The molecule has 1 aromatic rings. The quantitative estimate of drug-likeness (QED) is 0.715. The number of rotatable bonds is 4. The van der Waals surface area contributed by atoms with Gasteiger partial charge in [-0.3, -0.25) is 9.52 Å². The number of carboxylic acid groups (broad SMARTS) is 1. The highest BCUT2D eigenvalue weighted by Crippen LogP contribution is 2.24. The molecule has 0 saturated carbocycles. The molecule has 16 heavy (non-hydrogen) atoms. The Labute approximate surface area is 93.3 Å². The van der Waals surface area contributed by atoms with Crippen LogP contribution in [0.2, 0.25) is 0 Å². The number of carboxylic acids is 1. The molecule has 0 bridgehead atoms. The minimum absolute atomic E-state index is 0.180. The summed E-state index contributed by atoms with van der Waals surface area (Å²) in [7, 11) is -3.90. The van der Waals surface area contributed by atoms with E-state index in [0.29, 0.717) is 5.56 Å². The van der Waals surface area contributed by atoms with Crippen LogP contribution in [0.5, 0.6) is 0 Å². The Kier molecular flexibility index (Phi) is 3.51. The molecule has 0 aromatic heterocycles. The average molecular weight is 244 g/mol. The first-order valence-corrected chi connectivity index (χ1v) is 5.98. The summed E-state index contributed by atoms with van der Waals surface area (Å²) in [6, 6.07) is 6.21. The molecule has 0 fully saturated rings. The minimum Gasteiger partial charge on any atom is -0.481 e. The summed E-state index contributed by atoms with van der Waals surface area (Å²) in [5.74, 6) is -1.85. The lowest BCUT2D eigenvalue weighted by atomic mass is 10.00. The zero-order valence-corrected chi connectivity index (χ0v) is 9.36. The lowest BCUT2D eigenvalue weighted by Gasteiger charge is -2.13. The van der Waals surface area contributed by atoms with Gasteiger partial charge in [-0.25, -0.2) is 5.14 Å². The van der Waals surface area contributed by atoms with Gasteiger partial charge >= 0.3 is 5.97 Å². The predicted molar refractivity (Wildman–Crippen MR) is 59.2 cm³/mol. The Morgan fingerprint density at radius 2 is 2.00 bits per heavy atom. The molecule has 0 aliphatic carbocycles. The molecular formula is C9H12N2O4S. The lowest BCUT2D eigenvalue weighted by molar-refractivity contribution is -0.138. The number of aliphatic carboxylic acids is 1. The number of para-hydroxylation sites is 1. The fourth-order valence-electron chi connectivity index (χ4n) is 1.25. The fraction of sp³-hybridized carbons (Fsp3) is 0.222. The predicted octanol–water partition coefficient (Wildman–Crippen LogP) is 0.490. The van der Waals surface area contributed by atoms with Gasteiger partial charge in [0.1, 0.15) is 0 Å². The van der Waals surface area contributed by atoms with E-state index < -0.39 is 22.1 Å². The molecule has 0 aliphatic heterocycles. The number of benzene rings is 1. The first-order valence-electron chi connectivity index (χ1n) is 4.43. The van der Waals surface area contributed by atoms with Gasteiger partial charge in [-0.15, -0.1) is 0 Å². The molecule has 1 atom stereocenters. The number of hydrogen-bond acceptors (Lipinski definition) is 3. The first-order chi connectivity index (χ1) is 7.31. The van der Waals surface area contributed by atoms with Crippen molar-refractivity contribution in [1.29, 1.82) is 0 Å². The molecule has 1 aromatic carbocycles. The van der Waals surface area contributed by atoms with Crippen LogP contribution in [0.25, 0.3) is 0 Å². The van der Waals surface area contributed by atoms with Crippen molar-refractivity contribution < 1.29 is 18.3 Å². The highest BCUT2D eigenvalue weighted by Gasteiger charge is 2.18. The molecule has 7 heteroatoms. The normalized spacial score (nSPS) is 13.1. The number of hydrogen-bond donors (Lipinski definition) is 3. The largest absolute Gasteiger partial charge is 0.481 e. The Morgan fingerprint density at radius 3 is 2.50 bits per heavy atom. The molecule has 4 N–H and O–H groups in total. The van der Waals surface area contributed by atoms with E-state index in [1.807, 2.05) is 0 Å². The van der Waals surface area contributed by atoms with Gasteiger partial charge in [0, 0.05) is 0 Å². The SMILES string of the molecule is C[C@H](C(=O)O)c1ccccc1NS(N)(=O)=O. The van der Waals surface area contributed by atoms with Crippen LogP contribution < -0.4 is 9.86 Å². The van der Waals surface area contributed by atoms with E-state index >= 15 is 0 Å². The molecule has 0 radical (unpaired) electrons. The fourth-order valence-corrected chi connectivity index (χ4v) is 1.75. The summed E-state index contributed by atoms with van der Waals surface area (Å²) in [5.41, 5.74) is 0.545. The van der Waals surface area contributed by atoms with Crippen molar-refractivity contribution in [2.75, 3.05) is 4.72 Å². The van der Waals surface area contributed by atoms with E-state index in [-0.39, 0.29) is 5.69 Å². The van der Waals surface area contributed by atoms with Gasteiger partial charge < -0.3 is 5.11 Å². The van der Waals surface area contributed by atoms with Crippen LogP contribution in [0.4, 0.5) is 5.69 Å². The Bertz CT molecular complexity index is 498. The second-order valence-corrected chi connectivity index (χ2v) is 4.59. The lowest BCUT2D eigenvalue weighted by Crippen LogP contribution is -2.23. The average Bonchev–Trinajstić information content (AvgIpc) is 2.15. The second-order valence-electron chi connectivity index (χ2n) is 3.29. The van der Waals surface area contributed by atoms with Gasteiger partial charge in [0.15, 0.2) is 0 Å². The second kappa shape index (κ2) is 4.50. The Morgan fingerprint density at radius 1 is 1.44 bits per heavy atom. The van der Waals surface area contributed by atoms with Gasteiger partial charge in [-0.1, -0.05) is 18.2 Å². The molecule has 0 saturated heterocycles. The van der Waals surface area contributed by atoms with Crippen LogP contribution in [0.1, 0.15) is 18.4 Å². The van der Waals surface area contributed by atoms with Crippen LogP contribution in [0.15, 0.2) is 24.3 Å². The van der Waals surface area contributed by atoms with E-state index in [1.54, 1.807) is 12.1 Å². The molecule has 6 nitrogen and oxygen atoms in total. The van der Waals surface area contributed by atoms with Crippen molar-refractivity contribution in [2.45, 2.75) is 12.8 Å². The molecule has 88 valence electrons. The van der Waals surface area contributed by atoms with Gasteiger partial charge in [0.25, 0.3) is 10.2 Å². The highest BCUT2D eigenvalue weighted by atomic mass is 32.2.